The van der Waals surface area contributed by atoms with Gasteiger partial charge in [-0.1, -0.05) is 23.2 Å². The van der Waals surface area contributed by atoms with E-state index in [0.29, 0.717) is 0 Å². The lowest BCUT2D eigenvalue weighted by atomic mass is 10.2. The van der Waals surface area contributed by atoms with Gasteiger partial charge in [0, 0.05) is 19.8 Å². The molecule has 0 heterocycles. The highest BCUT2D eigenvalue weighted by Crippen LogP contribution is 2.29. The fourth-order valence-corrected chi connectivity index (χ4v) is 3.53. The minimum absolute atomic E-state index is 0.0630. The summed E-state index contributed by atoms with van der Waals surface area (Å²) in [4.78, 5) is -0.417. The normalized spacial score (nSPS) is 13.4. The van der Waals surface area contributed by atoms with Crippen LogP contribution in [0.4, 0.5) is 4.39 Å². The predicted octanol–water partition coefficient (Wildman–Crippen LogP) is 1.81. The zero-order valence-electron chi connectivity index (χ0n) is 10.6. The third-order valence-electron chi connectivity index (χ3n) is 2.46. The number of aliphatic hydroxyl groups is 1. The van der Waals surface area contributed by atoms with Crippen LogP contribution in [-0.4, -0.2) is 39.9 Å². The Balaban J connectivity index is 3.07. The van der Waals surface area contributed by atoms with Crippen molar-refractivity contribution >= 4 is 33.2 Å². The molecule has 1 rings (SSSR count). The quantitative estimate of drug-likeness (QED) is 0.739. The number of nitrogens with one attached hydrogen (secondary N) is 1. The zero-order valence-corrected chi connectivity index (χ0v) is 12.9. The summed E-state index contributed by atoms with van der Waals surface area (Å²) in [7, 11) is -2.65. The molecule has 1 aromatic carbocycles. The number of halogens is 3. The lowest BCUT2D eigenvalue weighted by Gasteiger charge is -2.17. The number of sulfonamides is 1. The van der Waals surface area contributed by atoms with E-state index in [1.807, 2.05) is 0 Å². The number of hydrogen-bond donors (Lipinski definition) is 2. The highest BCUT2D eigenvalue weighted by molar-refractivity contribution is 7.89. The van der Waals surface area contributed by atoms with Crippen LogP contribution in [0.2, 0.25) is 10.0 Å². The van der Waals surface area contributed by atoms with Crippen LogP contribution in [0.3, 0.4) is 0 Å². The van der Waals surface area contributed by atoms with E-state index in [-0.39, 0.29) is 24.7 Å². The molecule has 0 saturated carbocycles. The van der Waals surface area contributed by atoms with Crippen molar-refractivity contribution in [2.45, 2.75) is 17.4 Å². The fourth-order valence-electron chi connectivity index (χ4n) is 1.53. The van der Waals surface area contributed by atoms with E-state index in [4.69, 9.17) is 33.0 Å². The molecule has 9 heteroatoms. The summed E-state index contributed by atoms with van der Waals surface area (Å²) >= 11 is 11.2. The van der Waals surface area contributed by atoms with Gasteiger partial charge in [-0.2, -0.15) is 0 Å². The number of ether oxygens (including phenoxy) is 1. The van der Waals surface area contributed by atoms with Gasteiger partial charge in [0.25, 0.3) is 0 Å². The lowest BCUT2D eigenvalue weighted by molar-refractivity contribution is 0.158. The van der Waals surface area contributed by atoms with Crippen molar-refractivity contribution in [3.63, 3.8) is 0 Å². The smallest absolute Gasteiger partial charge is 0.242 e. The molecule has 5 nitrogen and oxygen atoms in total. The highest BCUT2D eigenvalue weighted by Gasteiger charge is 2.25. The molecule has 0 aromatic heterocycles. The number of aliphatic hydroxyl groups excluding tert-OH is 1. The first kappa shape index (κ1) is 17.6. The third kappa shape index (κ3) is 4.28. The van der Waals surface area contributed by atoms with Gasteiger partial charge in [0.15, 0.2) is 5.82 Å². The van der Waals surface area contributed by atoms with E-state index in [9.17, 15) is 12.8 Å². The summed E-state index contributed by atoms with van der Waals surface area (Å²) in [6.07, 6.45) is 0.154. The van der Waals surface area contributed by atoms with Gasteiger partial charge in [-0.15, -0.1) is 0 Å². The molecule has 2 N–H and O–H groups in total. The molecule has 0 spiro atoms. The second-order valence-corrected chi connectivity index (χ2v) is 6.43. The van der Waals surface area contributed by atoms with Gasteiger partial charge in [0.1, 0.15) is 4.90 Å². The molecule has 0 radical (unpaired) electrons. The van der Waals surface area contributed by atoms with Crippen molar-refractivity contribution in [2.24, 2.45) is 0 Å². The van der Waals surface area contributed by atoms with Gasteiger partial charge in [-0.25, -0.2) is 17.5 Å². The van der Waals surface area contributed by atoms with Crippen molar-refractivity contribution in [2.75, 3.05) is 20.3 Å². The number of benzene rings is 1. The van der Waals surface area contributed by atoms with E-state index in [2.05, 4.69) is 4.72 Å². The van der Waals surface area contributed by atoms with Crippen LogP contribution < -0.4 is 4.72 Å². The highest BCUT2D eigenvalue weighted by atomic mass is 35.5. The molecule has 114 valence electrons. The average Bonchev–Trinajstić information content (AvgIpc) is 2.36. The number of hydrogen-bond acceptors (Lipinski definition) is 4. The fraction of sp³-hybridized carbons (Fsp3) is 0.455. The average molecular weight is 346 g/mol. The molecule has 0 saturated heterocycles. The second kappa shape index (κ2) is 7.53. The van der Waals surface area contributed by atoms with Crippen molar-refractivity contribution in [1.29, 1.82) is 0 Å². The molecule has 1 unspecified atom stereocenters. The van der Waals surface area contributed by atoms with E-state index in [1.54, 1.807) is 0 Å². The third-order valence-corrected chi connectivity index (χ3v) is 4.79. The van der Waals surface area contributed by atoms with Gasteiger partial charge < -0.3 is 9.84 Å². The molecular weight excluding hydrogens is 332 g/mol. The van der Waals surface area contributed by atoms with Crippen molar-refractivity contribution < 1.29 is 22.7 Å². The van der Waals surface area contributed by atoms with Gasteiger partial charge in [-0.05, 0) is 18.6 Å². The van der Waals surface area contributed by atoms with Gasteiger partial charge in [-0.3, -0.25) is 0 Å². The Labute approximate surface area is 126 Å². The van der Waals surface area contributed by atoms with Crippen LogP contribution in [0, 0.1) is 5.82 Å². The first-order valence-electron chi connectivity index (χ1n) is 5.59. The maximum absolute atomic E-state index is 13.5. The Morgan fingerprint density at radius 3 is 2.65 bits per heavy atom. The molecule has 1 atom stereocenters. The molecule has 0 aliphatic carbocycles. The monoisotopic (exact) mass is 345 g/mol. The maximum Gasteiger partial charge on any atom is 0.242 e. The SMILES string of the molecule is COCC(CCO)NS(=O)(=O)c1ccc(Cl)c(F)c1Cl. The Kier molecular flexibility index (Phi) is 6.63. The molecule has 0 amide bonds. The van der Waals surface area contributed by atoms with Crippen LogP contribution in [0.5, 0.6) is 0 Å². The Morgan fingerprint density at radius 2 is 2.10 bits per heavy atom. The van der Waals surface area contributed by atoms with Crippen molar-refractivity contribution in [3.8, 4) is 0 Å². The maximum atomic E-state index is 13.5. The van der Waals surface area contributed by atoms with Gasteiger partial charge in [0.05, 0.1) is 16.7 Å². The molecule has 20 heavy (non-hydrogen) atoms. The topological polar surface area (TPSA) is 75.6 Å². The molecule has 0 bridgehead atoms. The molecular formula is C11H14Cl2FNO4S. The number of rotatable bonds is 7. The molecule has 0 fully saturated rings. The molecule has 1 aromatic rings. The van der Waals surface area contributed by atoms with Gasteiger partial charge >= 0.3 is 0 Å². The zero-order chi connectivity index (χ0) is 15.3. The molecule has 0 aliphatic rings. The van der Waals surface area contributed by atoms with Crippen molar-refractivity contribution in [3.05, 3.63) is 28.0 Å². The van der Waals surface area contributed by atoms with E-state index >= 15 is 0 Å². The minimum atomic E-state index is -4.05. The Hall–Kier alpha value is -0.440. The van der Waals surface area contributed by atoms with E-state index in [1.165, 1.54) is 7.11 Å². The summed E-state index contributed by atoms with van der Waals surface area (Å²) in [6, 6.07) is 1.57. The molecule has 0 aliphatic heterocycles. The van der Waals surface area contributed by atoms with Crippen LogP contribution in [0.25, 0.3) is 0 Å². The van der Waals surface area contributed by atoms with E-state index < -0.39 is 31.8 Å². The summed E-state index contributed by atoms with van der Waals surface area (Å²) < 4.78 is 44.9. The summed E-state index contributed by atoms with van der Waals surface area (Å²) in [5.74, 6) is -0.998. The first-order valence-corrected chi connectivity index (χ1v) is 7.83. The van der Waals surface area contributed by atoms with Crippen LogP contribution in [0.1, 0.15) is 6.42 Å². The van der Waals surface area contributed by atoms with E-state index in [0.717, 1.165) is 12.1 Å². The first-order chi connectivity index (χ1) is 9.33. The number of methoxy groups -OCH3 is 1. The Bertz CT molecular complexity index is 562. The minimum Gasteiger partial charge on any atom is -0.396 e. The van der Waals surface area contributed by atoms with Crippen LogP contribution >= 0.6 is 23.2 Å². The summed E-state index contributed by atoms with van der Waals surface area (Å²) in [6.45, 7) is -0.160. The standard InChI is InChI=1S/C11H14Cl2FNO4S/c1-19-6-7(4-5-16)15-20(17,18)9-3-2-8(12)11(14)10(9)13/h2-3,7,15-16H,4-6H2,1H3. The van der Waals surface area contributed by atoms with Gasteiger partial charge in [0.2, 0.25) is 10.0 Å². The predicted molar refractivity (Wildman–Crippen MR) is 74.1 cm³/mol. The van der Waals surface area contributed by atoms with Crippen LogP contribution in [0.15, 0.2) is 17.0 Å². The van der Waals surface area contributed by atoms with Crippen molar-refractivity contribution in [1.82, 2.24) is 4.72 Å². The summed E-state index contributed by atoms with van der Waals surface area (Å²) in [5, 5.41) is 8.03. The Morgan fingerprint density at radius 1 is 1.45 bits per heavy atom. The second-order valence-electron chi connectivity index (χ2n) is 3.96. The lowest BCUT2D eigenvalue weighted by Crippen LogP contribution is -2.38. The largest absolute Gasteiger partial charge is 0.396 e. The summed E-state index contributed by atoms with van der Waals surface area (Å²) in [5.41, 5.74) is 0. The van der Waals surface area contributed by atoms with Crippen LogP contribution in [-0.2, 0) is 14.8 Å².